The predicted molar refractivity (Wildman–Crippen MR) is 113 cm³/mol. The number of hydrogen-bond acceptors (Lipinski definition) is 5. The Morgan fingerprint density at radius 1 is 1.37 bits per heavy atom. The van der Waals surface area contributed by atoms with Crippen molar-refractivity contribution in [2.45, 2.75) is 45.4 Å². The zero-order valence-corrected chi connectivity index (χ0v) is 17.8. The molecule has 1 fully saturated rings. The molecule has 7 heteroatoms. The van der Waals surface area contributed by atoms with Gasteiger partial charge in [0, 0.05) is 36.3 Å². The molecular weight excluding hydrogens is 380 g/mol. The van der Waals surface area contributed by atoms with E-state index >= 15 is 0 Å². The van der Waals surface area contributed by atoms with Crippen LogP contribution >= 0.6 is 0 Å². The SMILES string of the molecule is CCc1[nH]nc(C(=O)N2CCC[C@@H](c3ncc(Cc4ccccc4OC)o3)C2)c1C. The third-order valence-electron chi connectivity index (χ3n) is 5.85. The Hall–Kier alpha value is -3.09. The van der Waals surface area contributed by atoms with Gasteiger partial charge in [-0.15, -0.1) is 0 Å². The molecule has 3 heterocycles. The Labute approximate surface area is 176 Å². The summed E-state index contributed by atoms with van der Waals surface area (Å²) < 4.78 is 11.5. The van der Waals surface area contributed by atoms with Crippen molar-refractivity contribution < 1.29 is 13.9 Å². The van der Waals surface area contributed by atoms with Gasteiger partial charge in [-0.05, 0) is 32.3 Å². The van der Waals surface area contributed by atoms with Crippen LogP contribution in [0.15, 0.2) is 34.9 Å². The number of H-pyrrole nitrogens is 1. The third-order valence-corrected chi connectivity index (χ3v) is 5.85. The van der Waals surface area contributed by atoms with Crippen LogP contribution in [0.2, 0.25) is 0 Å². The molecule has 1 saturated heterocycles. The molecule has 3 aromatic rings. The van der Waals surface area contributed by atoms with Crippen LogP contribution in [0.1, 0.15) is 64.6 Å². The number of oxazole rings is 1. The summed E-state index contributed by atoms with van der Waals surface area (Å²) in [4.78, 5) is 19.4. The molecule has 1 amide bonds. The molecule has 0 aliphatic carbocycles. The van der Waals surface area contributed by atoms with Crippen LogP contribution in [-0.2, 0) is 12.8 Å². The number of aryl methyl sites for hydroxylation is 1. The second-order valence-electron chi connectivity index (χ2n) is 7.77. The lowest BCUT2D eigenvalue weighted by Gasteiger charge is -2.31. The maximum atomic E-state index is 13.0. The maximum absolute atomic E-state index is 13.0. The molecule has 1 aliphatic heterocycles. The monoisotopic (exact) mass is 408 g/mol. The molecule has 2 aromatic heterocycles. The van der Waals surface area contributed by atoms with Crippen LogP contribution in [0.25, 0.3) is 0 Å². The number of carbonyl (C=O) groups is 1. The topological polar surface area (TPSA) is 84.2 Å². The molecule has 0 bridgehead atoms. The van der Waals surface area contributed by atoms with E-state index in [1.54, 1.807) is 13.3 Å². The molecule has 0 spiro atoms. The molecule has 1 N–H and O–H groups in total. The predicted octanol–water partition coefficient (Wildman–Crippen LogP) is 3.89. The summed E-state index contributed by atoms with van der Waals surface area (Å²) in [5.74, 6) is 2.41. The van der Waals surface area contributed by atoms with Crippen molar-refractivity contribution in [1.29, 1.82) is 0 Å². The summed E-state index contributed by atoms with van der Waals surface area (Å²) in [5, 5.41) is 7.24. The summed E-state index contributed by atoms with van der Waals surface area (Å²) in [6, 6.07) is 7.91. The number of amides is 1. The lowest BCUT2D eigenvalue weighted by Crippen LogP contribution is -2.39. The normalized spacial score (nSPS) is 16.6. The van der Waals surface area contributed by atoms with E-state index in [-0.39, 0.29) is 11.8 Å². The fourth-order valence-corrected chi connectivity index (χ4v) is 4.13. The van der Waals surface area contributed by atoms with Crippen molar-refractivity contribution in [2.75, 3.05) is 20.2 Å². The summed E-state index contributed by atoms with van der Waals surface area (Å²) in [5.41, 5.74) is 3.54. The number of carbonyl (C=O) groups excluding carboxylic acids is 1. The lowest BCUT2D eigenvalue weighted by molar-refractivity contribution is 0.0691. The number of para-hydroxylation sites is 1. The average molecular weight is 409 g/mol. The number of benzene rings is 1. The number of methoxy groups -OCH3 is 1. The Balaban J connectivity index is 1.46. The van der Waals surface area contributed by atoms with Crippen molar-refractivity contribution in [3.63, 3.8) is 0 Å². The van der Waals surface area contributed by atoms with E-state index in [0.29, 0.717) is 24.6 Å². The average Bonchev–Trinajstić information content (AvgIpc) is 3.40. The number of ether oxygens (including phenoxy) is 1. The molecule has 0 saturated carbocycles. The first-order valence-electron chi connectivity index (χ1n) is 10.5. The van der Waals surface area contributed by atoms with Gasteiger partial charge in [0.1, 0.15) is 11.5 Å². The number of nitrogens with one attached hydrogen (secondary N) is 1. The second-order valence-corrected chi connectivity index (χ2v) is 7.77. The number of rotatable bonds is 6. The molecule has 7 nitrogen and oxygen atoms in total. The van der Waals surface area contributed by atoms with Crippen LogP contribution in [0, 0.1) is 6.92 Å². The third kappa shape index (κ3) is 3.97. The van der Waals surface area contributed by atoms with Crippen LogP contribution in [0.4, 0.5) is 0 Å². The highest BCUT2D eigenvalue weighted by molar-refractivity contribution is 5.94. The fraction of sp³-hybridized carbons (Fsp3) is 0.435. The summed E-state index contributed by atoms with van der Waals surface area (Å²) in [6.45, 7) is 5.34. The number of nitrogens with zero attached hydrogens (tertiary/aromatic N) is 3. The van der Waals surface area contributed by atoms with Crippen molar-refractivity contribution >= 4 is 5.91 Å². The van der Waals surface area contributed by atoms with Gasteiger partial charge in [0.15, 0.2) is 11.6 Å². The van der Waals surface area contributed by atoms with Crippen LogP contribution < -0.4 is 4.74 Å². The summed E-state index contributed by atoms with van der Waals surface area (Å²) >= 11 is 0. The van der Waals surface area contributed by atoms with Gasteiger partial charge in [-0.3, -0.25) is 9.89 Å². The van der Waals surface area contributed by atoms with Gasteiger partial charge in [-0.2, -0.15) is 5.10 Å². The van der Waals surface area contributed by atoms with Crippen LogP contribution in [0.3, 0.4) is 0 Å². The van der Waals surface area contributed by atoms with Gasteiger partial charge < -0.3 is 14.1 Å². The van der Waals surface area contributed by atoms with E-state index in [4.69, 9.17) is 9.15 Å². The van der Waals surface area contributed by atoms with Gasteiger partial charge >= 0.3 is 0 Å². The highest BCUT2D eigenvalue weighted by atomic mass is 16.5. The van der Waals surface area contributed by atoms with Crippen molar-refractivity contribution in [1.82, 2.24) is 20.1 Å². The first kappa shape index (κ1) is 20.2. The Morgan fingerprint density at radius 2 is 2.20 bits per heavy atom. The van der Waals surface area contributed by atoms with Gasteiger partial charge in [-0.1, -0.05) is 25.1 Å². The number of aromatic nitrogens is 3. The van der Waals surface area contributed by atoms with Gasteiger partial charge in [-0.25, -0.2) is 4.98 Å². The Morgan fingerprint density at radius 3 is 2.97 bits per heavy atom. The van der Waals surface area contributed by atoms with E-state index in [2.05, 4.69) is 22.1 Å². The Kier molecular flexibility index (Phi) is 5.88. The number of likely N-dealkylation sites (tertiary alicyclic amines) is 1. The Bertz CT molecular complexity index is 1020. The summed E-state index contributed by atoms with van der Waals surface area (Å²) in [7, 11) is 1.67. The molecule has 4 rings (SSSR count). The van der Waals surface area contributed by atoms with E-state index in [1.165, 1.54) is 0 Å². The second kappa shape index (κ2) is 8.73. The van der Waals surface area contributed by atoms with E-state index in [9.17, 15) is 4.79 Å². The molecule has 158 valence electrons. The quantitative estimate of drug-likeness (QED) is 0.669. The largest absolute Gasteiger partial charge is 0.496 e. The van der Waals surface area contributed by atoms with Crippen LogP contribution in [-0.4, -0.2) is 46.2 Å². The molecule has 0 unspecified atom stereocenters. The van der Waals surface area contributed by atoms with Crippen LogP contribution in [0.5, 0.6) is 5.75 Å². The van der Waals surface area contributed by atoms with Crippen molar-refractivity contribution in [2.24, 2.45) is 0 Å². The molecule has 1 aliphatic rings. The molecule has 30 heavy (non-hydrogen) atoms. The highest BCUT2D eigenvalue weighted by Crippen LogP contribution is 2.29. The molecular formula is C23H28N4O3. The zero-order valence-electron chi connectivity index (χ0n) is 17.8. The van der Waals surface area contributed by atoms with Gasteiger partial charge in [0.05, 0.1) is 19.2 Å². The smallest absolute Gasteiger partial charge is 0.274 e. The van der Waals surface area contributed by atoms with E-state index in [1.807, 2.05) is 36.1 Å². The van der Waals surface area contributed by atoms with Crippen molar-refractivity contribution in [3.05, 3.63) is 64.6 Å². The van der Waals surface area contributed by atoms with E-state index in [0.717, 1.165) is 54.1 Å². The molecule has 1 atom stereocenters. The molecule has 0 radical (unpaired) electrons. The maximum Gasteiger partial charge on any atom is 0.274 e. The first-order chi connectivity index (χ1) is 14.6. The first-order valence-corrected chi connectivity index (χ1v) is 10.5. The standard InChI is InChI=1S/C23H28N4O3/c1-4-19-15(2)21(26-25-19)23(28)27-11-7-9-17(14-27)22-24-13-18(30-22)12-16-8-5-6-10-20(16)29-3/h5-6,8,10,13,17H,4,7,9,11-12,14H2,1-3H3,(H,25,26)/t17-/m1/s1. The van der Waals surface area contributed by atoms with Gasteiger partial charge in [0.25, 0.3) is 5.91 Å². The molecule has 1 aromatic carbocycles. The number of aromatic amines is 1. The zero-order chi connectivity index (χ0) is 21.1. The number of piperidine rings is 1. The van der Waals surface area contributed by atoms with Crippen molar-refractivity contribution in [3.8, 4) is 5.75 Å². The van der Waals surface area contributed by atoms with E-state index < -0.39 is 0 Å². The summed E-state index contributed by atoms with van der Waals surface area (Å²) in [6.07, 6.45) is 5.12. The minimum absolute atomic E-state index is 0.0195. The van der Waals surface area contributed by atoms with Gasteiger partial charge in [0.2, 0.25) is 0 Å². The minimum atomic E-state index is -0.0195. The fourth-order valence-electron chi connectivity index (χ4n) is 4.13. The highest BCUT2D eigenvalue weighted by Gasteiger charge is 2.30. The number of hydrogen-bond donors (Lipinski definition) is 1. The lowest BCUT2D eigenvalue weighted by atomic mass is 9.97. The minimum Gasteiger partial charge on any atom is -0.496 e.